The molecule has 1 aromatic heterocycles. The smallest absolute Gasteiger partial charge is 0.249 e. The summed E-state index contributed by atoms with van der Waals surface area (Å²) >= 11 is 0. The first kappa shape index (κ1) is 15.9. The van der Waals surface area contributed by atoms with Gasteiger partial charge in [0.25, 0.3) is 0 Å². The summed E-state index contributed by atoms with van der Waals surface area (Å²) < 4.78 is 5.77. The normalized spacial score (nSPS) is 16.1. The first-order valence-corrected chi connectivity index (χ1v) is 7.67. The predicted molar refractivity (Wildman–Crippen MR) is 81.8 cm³/mol. The van der Waals surface area contributed by atoms with Crippen LogP contribution in [-0.4, -0.2) is 47.6 Å². The van der Waals surface area contributed by atoms with E-state index in [1.54, 1.807) is 12.4 Å². The van der Waals surface area contributed by atoms with Crippen molar-refractivity contribution < 1.29 is 9.53 Å². The maximum Gasteiger partial charge on any atom is 0.249 e. The van der Waals surface area contributed by atoms with Gasteiger partial charge in [-0.3, -0.25) is 9.78 Å². The summed E-state index contributed by atoms with van der Waals surface area (Å²) in [6, 6.07) is 4.03. The van der Waals surface area contributed by atoms with E-state index in [1.807, 2.05) is 30.9 Å². The summed E-state index contributed by atoms with van der Waals surface area (Å²) in [5.74, 6) is 0.0485. The number of amides is 1. The van der Waals surface area contributed by atoms with Crippen molar-refractivity contribution in [3.8, 4) is 0 Å². The standard InChI is InChI=1S/C16H25N3O2/c1-13(2)19(11-14-4-3-7-18-10-14)16(20)12-21-15-5-8-17-9-6-15/h3-4,7,10,13,15,17H,5-6,8-9,11-12H2,1-2H3. The van der Waals surface area contributed by atoms with Crippen LogP contribution in [0.25, 0.3) is 0 Å². The van der Waals surface area contributed by atoms with Gasteiger partial charge in [-0.25, -0.2) is 0 Å². The van der Waals surface area contributed by atoms with Crippen molar-refractivity contribution in [1.29, 1.82) is 0 Å². The molecule has 116 valence electrons. The van der Waals surface area contributed by atoms with Crippen molar-refractivity contribution in [3.63, 3.8) is 0 Å². The van der Waals surface area contributed by atoms with Gasteiger partial charge in [0.15, 0.2) is 0 Å². The topological polar surface area (TPSA) is 54.5 Å². The Morgan fingerprint density at radius 1 is 1.48 bits per heavy atom. The lowest BCUT2D eigenvalue weighted by molar-refractivity contribution is -0.141. The third-order valence-corrected chi connectivity index (χ3v) is 3.75. The van der Waals surface area contributed by atoms with E-state index in [2.05, 4.69) is 10.3 Å². The summed E-state index contributed by atoms with van der Waals surface area (Å²) in [6.07, 6.45) is 5.72. The van der Waals surface area contributed by atoms with E-state index in [-0.39, 0.29) is 24.7 Å². The fourth-order valence-electron chi connectivity index (χ4n) is 2.48. The molecule has 1 aliphatic rings. The number of nitrogens with one attached hydrogen (secondary N) is 1. The zero-order chi connectivity index (χ0) is 15.1. The van der Waals surface area contributed by atoms with E-state index in [4.69, 9.17) is 4.74 Å². The Morgan fingerprint density at radius 3 is 2.86 bits per heavy atom. The van der Waals surface area contributed by atoms with Crippen LogP contribution >= 0.6 is 0 Å². The van der Waals surface area contributed by atoms with Gasteiger partial charge in [-0.2, -0.15) is 0 Å². The Kier molecular flexibility index (Phi) is 6.14. The monoisotopic (exact) mass is 291 g/mol. The molecule has 0 bridgehead atoms. The maximum atomic E-state index is 12.4. The first-order valence-electron chi connectivity index (χ1n) is 7.67. The molecule has 0 spiro atoms. The Balaban J connectivity index is 1.86. The fourth-order valence-corrected chi connectivity index (χ4v) is 2.48. The third kappa shape index (κ3) is 5.10. The SMILES string of the molecule is CC(C)N(Cc1cccnc1)C(=O)COC1CCNCC1. The van der Waals surface area contributed by atoms with E-state index in [1.165, 1.54) is 0 Å². The van der Waals surface area contributed by atoms with Crippen molar-refractivity contribution in [1.82, 2.24) is 15.2 Å². The molecule has 2 heterocycles. The fraction of sp³-hybridized carbons (Fsp3) is 0.625. The molecule has 21 heavy (non-hydrogen) atoms. The third-order valence-electron chi connectivity index (χ3n) is 3.75. The number of pyridine rings is 1. The van der Waals surface area contributed by atoms with Gasteiger partial charge >= 0.3 is 0 Å². The van der Waals surface area contributed by atoms with E-state index in [9.17, 15) is 4.79 Å². The molecule has 1 saturated heterocycles. The number of hydrogen-bond donors (Lipinski definition) is 1. The second-order valence-electron chi connectivity index (χ2n) is 5.74. The van der Waals surface area contributed by atoms with Crippen LogP contribution in [-0.2, 0) is 16.1 Å². The lowest BCUT2D eigenvalue weighted by Crippen LogP contribution is -2.40. The van der Waals surface area contributed by atoms with E-state index < -0.39 is 0 Å². The van der Waals surface area contributed by atoms with Crippen LogP contribution in [0, 0.1) is 0 Å². The second kappa shape index (κ2) is 8.10. The predicted octanol–water partition coefficient (Wildman–Crippen LogP) is 1.59. The van der Waals surface area contributed by atoms with Crippen molar-refractivity contribution in [2.75, 3.05) is 19.7 Å². The van der Waals surface area contributed by atoms with E-state index in [0.717, 1.165) is 31.5 Å². The van der Waals surface area contributed by atoms with Gasteiger partial charge in [0.2, 0.25) is 5.91 Å². The molecular formula is C16H25N3O2. The quantitative estimate of drug-likeness (QED) is 0.865. The molecule has 5 nitrogen and oxygen atoms in total. The van der Waals surface area contributed by atoms with Crippen molar-refractivity contribution in [2.24, 2.45) is 0 Å². The molecule has 0 radical (unpaired) electrons. The number of hydrogen-bond acceptors (Lipinski definition) is 4. The molecule has 0 aliphatic carbocycles. The average molecular weight is 291 g/mol. The highest BCUT2D eigenvalue weighted by atomic mass is 16.5. The molecule has 0 atom stereocenters. The number of carbonyl (C=O) groups is 1. The summed E-state index contributed by atoms with van der Waals surface area (Å²) in [5, 5.41) is 3.29. The van der Waals surface area contributed by atoms with Gasteiger partial charge in [0.05, 0.1) is 6.10 Å². The Hall–Kier alpha value is -1.46. The molecule has 1 fully saturated rings. The lowest BCUT2D eigenvalue weighted by atomic mass is 10.1. The molecule has 2 rings (SSSR count). The maximum absolute atomic E-state index is 12.4. The second-order valence-corrected chi connectivity index (χ2v) is 5.74. The van der Waals surface area contributed by atoms with Crippen LogP contribution in [0.3, 0.4) is 0 Å². The zero-order valence-electron chi connectivity index (χ0n) is 12.9. The number of nitrogens with zero attached hydrogens (tertiary/aromatic N) is 2. The van der Waals surface area contributed by atoms with Crippen molar-refractivity contribution in [3.05, 3.63) is 30.1 Å². The number of ether oxygens (including phenoxy) is 1. The van der Waals surface area contributed by atoms with Gasteiger partial charge in [-0.15, -0.1) is 0 Å². The molecule has 5 heteroatoms. The molecule has 1 N–H and O–H groups in total. The Labute approximate surface area is 126 Å². The minimum atomic E-state index is 0.0485. The van der Waals surface area contributed by atoms with Gasteiger partial charge in [0.1, 0.15) is 6.61 Å². The molecular weight excluding hydrogens is 266 g/mol. The Bertz CT molecular complexity index is 430. The van der Waals surface area contributed by atoms with Crippen LogP contribution in [0.15, 0.2) is 24.5 Å². The summed E-state index contributed by atoms with van der Waals surface area (Å²) in [7, 11) is 0. The van der Waals surface area contributed by atoms with Gasteiger partial charge in [-0.1, -0.05) is 6.07 Å². The van der Waals surface area contributed by atoms with Crippen LogP contribution in [0.5, 0.6) is 0 Å². The highest BCUT2D eigenvalue weighted by Gasteiger charge is 2.20. The van der Waals surface area contributed by atoms with E-state index in [0.29, 0.717) is 6.54 Å². The number of carbonyl (C=O) groups excluding carboxylic acids is 1. The van der Waals surface area contributed by atoms with Crippen LogP contribution in [0.2, 0.25) is 0 Å². The number of rotatable bonds is 6. The minimum Gasteiger partial charge on any atom is -0.368 e. The minimum absolute atomic E-state index is 0.0485. The molecule has 0 aromatic carbocycles. The van der Waals surface area contributed by atoms with Crippen LogP contribution < -0.4 is 5.32 Å². The van der Waals surface area contributed by atoms with Crippen LogP contribution in [0.1, 0.15) is 32.3 Å². The van der Waals surface area contributed by atoms with Gasteiger partial charge in [-0.05, 0) is 51.4 Å². The largest absolute Gasteiger partial charge is 0.368 e. The van der Waals surface area contributed by atoms with Gasteiger partial charge in [0, 0.05) is 25.0 Å². The highest BCUT2D eigenvalue weighted by Crippen LogP contribution is 2.11. The molecule has 0 unspecified atom stereocenters. The van der Waals surface area contributed by atoms with E-state index >= 15 is 0 Å². The number of piperidine rings is 1. The lowest BCUT2D eigenvalue weighted by Gasteiger charge is -2.28. The molecule has 1 amide bonds. The summed E-state index contributed by atoms with van der Waals surface area (Å²) in [4.78, 5) is 18.3. The molecule has 1 aromatic rings. The van der Waals surface area contributed by atoms with Crippen LogP contribution in [0.4, 0.5) is 0 Å². The molecule has 0 saturated carbocycles. The summed E-state index contributed by atoms with van der Waals surface area (Å²) in [5.41, 5.74) is 1.04. The van der Waals surface area contributed by atoms with Gasteiger partial charge < -0.3 is 15.0 Å². The zero-order valence-corrected chi connectivity index (χ0v) is 12.9. The summed E-state index contributed by atoms with van der Waals surface area (Å²) in [6.45, 7) is 6.76. The van der Waals surface area contributed by atoms with Crippen molar-refractivity contribution >= 4 is 5.91 Å². The van der Waals surface area contributed by atoms with Crippen molar-refractivity contribution in [2.45, 2.75) is 45.4 Å². The first-order chi connectivity index (χ1) is 10.2. The number of aromatic nitrogens is 1. The Morgan fingerprint density at radius 2 is 2.24 bits per heavy atom. The highest BCUT2D eigenvalue weighted by molar-refractivity contribution is 5.77. The average Bonchev–Trinajstić information content (AvgIpc) is 2.52. The molecule has 1 aliphatic heterocycles.